The SMILES string of the molecule is CCC(C)(/C=C/CC1CC(=O)OC1=O)CC(C)(C)C. The standard InChI is InChI=1S/C16H26O3/c1-6-16(5,11-15(2,3)4)9-7-8-12-10-13(17)19-14(12)18/h7,9,12H,6,8,10-11H2,1-5H3/b9-7+. The normalized spacial score (nSPS) is 23.7. The smallest absolute Gasteiger partial charge is 0.317 e. The van der Waals surface area contributed by atoms with Gasteiger partial charge in [-0.05, 0) is 30.1 Å². The van der Waals surface area contributed by atoms with Crippen LogP contribution >= 0.6 is 0 Å². The number of esters is 2. The minimum absolute atomic E-state index is 0.144. The summed E-state index contributed by atoms with van der Waals surface area (Å²) in [5.74, 6) is -1.04. The quantitative estimate of drug-likeness (QED) is 0.431. The highest BCUT2D eigenvalue weighted by molar-refractivity contribution is 5.94. The summed E-state index contributed by atoms with van der Waals surface area (Å²) in [5, 5.41) is 0. The van der Waals surface area contributed by atoms with Gasteiger partial charge in [0.2, 0.25) is 0 Å². The summed E-state index contributed by atoms with van der Waals surface area (Å²) in [6.07, 6.45) is 7.24. The number of allylic oxidation sites excluding steroid dienone is 2. The van der Waals surface area contributed by atoms with E-state index in [1.165, 1.54) is 0 Å². The molecule has 0 aromatic carbocycles. The first kappa shape index (κ1) is 15.9. The topological polar surface area (TPSA) is 43.4 Å². The van der Waals surface area contributed by atoms with Crippen LogP contribution in [-0.4, -0.2) is 11.9 Å². The lowest BCUT2D eigenvalue weighted by Gasteiger charge is -2.32. The molecule has 0 saturated carbocycles. The number of carbonyl (C=O) groups is 2. The van der Waals surface area contributed by atoms with Crippen LogP contribution in [0.5, 0.6) is 0 Å². The molecule has 0 spiro atoms. The lowest BCUT2D eigenvalue weighted by molar-refractivity contribution is -0.153. The van der Waals surface area contributed by atoms with Gasteiger partial charge in [0.1, 0.15) is 0 Å². The van der Waals surface area contributed by atoms with Crippen LogP contribution in [0.4, 0.5) is 0 Å². The summed E-state index contributed by atoms with van der Waals surface area (Å²) >= 11 is 0. The van der Waals surface area contributed by atoms with Crippen LogP contribution in [0, 0.1) is 16.7 Å². The Labute approximate surface area is 116 Å². The molecular formula is C16H26O3. The molecule has 1 fully saturated rings. The van der Waals surface area contributed by atoms with Crippen molar-refractivity contribution in [3.8, 4) is 0 Å². The zero-order valence-corrected chi connectivity index (χ0v) is 12.8. The monoisotopic (exact) mass is 266 g/mol. The molecule has 1 saturated heterocycles. The molecule has 0 aromatic rings. The fraction of sp³-hybridized carbons (Fsp3) is 0.750. The number of rotatable bonds is 5. The highest BCUT2D eigenvalue weighted by Gasteiger charge is 2.32. The first-order valence-electron chi connectivity index (χ1n) is 7.07. The Morgan fingerprint density at radius 2 is 1.89 bits per heavy atom. The maximum absolute atomic E-state index is 11.4. The second-order valence-corrected chi connectivity index (χ2v) is 7.08. The minimum atomic E-state index is -0.392. The molecule has 0 amide bonds. The van der Waals surface area contributed by atoms with E-state index in [1.807, 2.05) is 6.08 Å². The van der Waals surface area contributed by atoms with E-state index in [4.69, 9.17) is 0 Å². The lowest BCUT2D eigenvalue weighted by Crippen LogP contribution is -2.21. The molecule has 108 valence electrons. The number of cyclic esters (lactones) is 2. The Kier molecular flexibility index (Phi) is 4.94. The predicted octanol–water partition coefficient (Wildman–Crippen LogP) is 3.87. The van der Waals surface area contributed by atoms with E-state index in [2.05, 4.69) is 45.4 Å². The van der Waals surface area contributed by atoms with Gasteiger partial charge in [0.15, 0.2) is 0 Å². The van der Waals surface area contributed by atoms with Crippen LogP contribution in [0.15, 0.2) is 12.2 Å². The van der Waals surface area contributed by atoms with Crippen LogP contribution in [0.2, 0.25) is 0 Å². The Bertz CT molecular complexity index is 376. The van der Waals surface area contributed by atoms with Crippen LogP contribution in [-0.2, 0) is 14.3 Å². The number of ether oxygens (including phenoxy) is 1. The molecule has 0 aliphatic carbocycles. The largest absolute Gasteiger partial charge is 0.393 e. The molecule has 1 rings (SSSR count). The third-order valence-corrected chi connectivity index (χ3v) is 3.64. The molecule has 3 heteroatoms. The first-order chi connectivity index (χ1) is 8.65. The Morgan fingerprint density at radius 1 is 1.26 bits per heavy atom. The molecule has 1 heterocycles. The summed E-state index contributed by atoms with van der Waals surface area (Å²) < 4.78 is 4.55. The number of hydrogen-bond acceptors (Lipinski definition) is 3. The van der Waals surface area contributed by atoms with Crippen LogP contribution in [0.1, 0.15) is 60.3 Å². The minimum Gasteiger partial charge on any atom is -0.393 e. The van der Waals surface area contributed by atoms with Crippen LogP contribution in [0.25, 0.3) is 0 Å². The Morgan fingerprint density at radius 3 is 2.32 bits per heavy atom. The molecule has 2 unspecified atom stereocenters. The van der Waals surface area contributed by atoms with Gasteiger partial charge in [-0.15, -0.1) is 0 Å². The van der Waals surface area contributed by atoms with Crippen molar-refractivity contribution in [1.29, 1.82) is 0 Å². The summed E-state index contributed by atoms with van der Waals surface area (Å²) in [4.78, 5) is 22.4. The predicted molar refractivity (Wildman–Crippen MR) is 75.4 cm³/mol. The molecule has 1 aliphatic rings. The molecule has 19 heavy (non-hydrogen) atoms. The van der Waals surface area contributed by atoms with Crippen molar-refractivity contribution in [3.63, 3.8) is 0 Å². The van der Waals surface area contributed by atoms with E-state index in [9.17, 15) is 9.59 Å². The van der Waals surface area contributed by atoms with Gasteiger partial charge in [-0.3, -0.25) is 9.59 Å². The molecule has 1 aliphatic heterocycles. The zero-order valence-electron chi connectivity index (χ0n) is 12.8. The third-order valence-electron chi connectivity index (χ3n) is 3.64. The molecule has 0 radical (unpaired) electrons. The van der Waals surface area contributed by atoms with Crippen molar-refractivity contribution in [1.82, 2.24) is 0 Å². The highest BCUT2D eigenvalue weighted by atomic mass is 16.6. The van der Waals surface area contributed by atoms with Gasteiger partial charge in [0, 0.05) is 0 Å². The third kappa shape index (κ3) is 5.17. The van der Waals surface area contributed by atoms with Crippen molar-refractivity contribution in [2.75, 3.05) is 0 Å². The first-order valence-corrected chi connectivity index (χ1v) is 7.07. The molecule has 0 aromatic heterocycles. The summed E-state index contributed by atoms with van der Waals surface area (Å²) in [6, 6.07) is 0. The maximum atomic E-state index is 11.4. The van der Waals surface area contributed by atoms with E-state index in [1.54, 1.807) is 0 Å². The summed E-state index contributed by atoms with van der Waals surface area (Å²) in [6.45, 7) is 11.1. The average Bonchev–Trinajstić information content (AvgIpc) is 2.55. The van der Waals surface area contributed by atoms with E-state index < -0.39 is 5.97 Å². The highest BCUT2D eigenvalue weighted by Crippen LogP contribution is 2.37. The maximum Gasteiger partial charge on any atom is 0.317 e. The van der Waals surface area contributed by atoms with E-state index in [0.717, 1.165) is 12.8 Å². The van der Waals surface area contributed by atoms with E-state index in [-0.39, 0.29) is 29.1 Å². The fourth-order valence-corrected chi connectivity index (χ4v) is 2.73. The van der Waals surface area contributed by atoms with Gasteiger partial charge in [-0.25, -0.2) is 0 Å². The second kappa shape index (κ2) is 5.89. The fourth-order valence-electron chi connectivity index (χ4n) is 2.73. The summed E-state index contributed by atoms with van der Waals surface area (Å²) in [5.41, 5.74) is 0.419. The Hall–Kier alpha value is -1.12. The van der Waals surface area contributed by atoms with E-state index in [0.29, 0.717) is 6.42 Å². The van der Waals surface area contributed by atoms with E-state index >= 15 is 0 Å². The lowest BCUT2D eigenvalue weighted by atomic mass is 9.73. The molecular weight excluding hydrogens is 240 g/mol. The Balaban J connectivity index is 2.58. The van der Waals surface area contributed by atoms with Crippen molar-refractivity contribution in [3.05, 3.63) is 12.2 Å². The zero-order chi connectivity index (χ0) is 14.7. The summed E-state index contributed by atoms with van der Waals surface area (Å²) in [7, 11) is 0. The molecule has 0 N–H and O–H groups in total. The van der Waals surface area contributed by atoms with Crippen molar-refractivity contribution >= 4 is 11.9 Å². The molecule has 3 nitrogen and oxygen atoms in total. The molecule has 2 atom stereocenters. The number of carbonyl (C=O) groups excluding carboxylic acids is 2. The molecule has 0 bridgehead atoms. The van der Waals surface area contributed by atoms with Gasteiger partial charge >= 0.3 is 11.9 Å². The van der Waals surface area contributed by atoms with Crippen molar-refractivity contribution in [2.24, 2.45) is 16.7 Å². The van der Waals surface area contributed by atoms with Crippen molar-refractivity contribution in [2.45, 2.75) is 60.3 Å². The van der Waals surface area contributed by atoms with Gasteiger partial charge in [-0.1, -0.05) is 46.8 Å². The van der Waals surface area contributed by atoms with Crippen molar-refractivity contribution < 1.29 is 14.3 Å². The second-order valence-electron chi connectivity index (χ2n) is 7.08. The average molecular weight is 266 g/mol. The van der Waals surface area contributed by atoms with Crippen LogP contribution in [0.3, 0.4) is 0 Å². The van der Waals surface area contributed by atoms with Gasteiger partial charge in [0.25, 0.3) is 0 Å². The van der Waals surface area contributed by atoms with Gasteiger partial charge < -0.3 is 4.74 Å². The van der Waals surface area contributed by atoms with Gasteiger partial charge in [0.05, 0.1) is 12.3 Å². The van der Waals surface area contributed by atoms with Gasteiger partial charge in [-0.2, -0.15) is 0 Å². The van der Waals surface area contributed by atoms with Crippen LogP contribution < -0.4 is 0 Å². The number of hydrogen-bond donors (Lipinski definition) is 0.